The molecule has 0 bridgehead atoms. The largest absolute Gasteiger partial charge is 0.388 e. The van der Waals surface area contributed by atoms with E-state index in [9.17, 15) is 5.11 Å². The highest BCUT2D eigenvalue weighted by atomic mass is 16.3. The minimum Gasteiger partial charge on any atom is -0.388 e. The maximum atomic E-state index is 10.7. The summed E-state index contributed by atoms with van der Waals surface area (Å²) in [5, 5.41) is 10.7. The molecule has 0 radical (unpaired) electrons. The normalized spacial score (nSPS) is 19.1. The van der Waals surface area contributed by atoms with Crippen LogP contribution >= 0.6 is 0 Å². The van der Waals surface area contributed by atoms with Crippen LogP contribution in [0.1, 0.15) is 60.6 Å². The third kappa shape index (κ3) is 2.36. The van der Waals surface area contributed by atoms with Crippen molar-refractivity contribution in [3.63, 3.8) is 0 Å². The molecule has 3 rings (SSSR count). The van der Waals surface area contributed by atoms with Crippen molar-refractivity contribution in [1.82, 2.24) is 4.98 Å². The maximum absolute atomic E-state index is 10.7. The van der Waals surface area contributed by atoms with Gasteiger partial charge in [0.25, 0.3) is 0 Å². The SMILES string of the molecule is CC(C)c1ccc(C(O)C2CCc3cccnc32)cc1. The molecule has 2 unspecified atom stereocenters. The van der Waals surface area contributed by atoms with Gasteiger partial charge in [-0.25, -0.2) is 0 Å². The summed E-state index contributed by atoms with van der Waals surface area (Å²) in [4.78, 5) is 4.47. The van der Waals surface area contributed by atoms with Gasteiger partial charge in [0.15, 0.2) is 0 Å². The van der Waals surface area contributed by atoms with Crippen LogP contribution in [0.5, 0.6) is 0 Å². The summed E-state index contributed by atoms with van der Waals surface area (Å²) in [6, 6.07) is 12.5. The lowest BCUT2D eigenvalue weighted by atomic mass is 9.92. The fourth-order valence-corrected chi connectivity index (χ4v) is 3.06. The Bertz CT molecular complexity index is 589. The van der Waals surface area contributed by atoms with E-state index in [1.165, 1.54) is 11.1 Å². The number of aromatic nitrogens is 1. The zero-order valence-corrected chi connectivity index (χ0v) is 12.1. The average Bonchev–Trinajstić information content (AvgIpc) is 2.90. The molecule has 1 aromatic heterocycles. The first kappa shape index (κ1) is 13.3. The highest BCUT2D eigenvalue weighted by molar-refractivity contribution is 5.34. The Hall–Kier alpha value is -1.67. The number of hydrogen-bond acceptors (Lipinski definition) is 2. The van der Waals surface area contributed by atoms with Gasteiger partial charge in [0.05, 0.1) is 6.10 Å². The Morgan fingerprint density at radius 1 is 1.10 bits per heavy atom. The molecule has 20 heavy (non-hydrogen) atoms. The number of benzene rings is 1. The summed E-state index contributed by atoms with van der Waals surface area (Å²) >= 11 is 0. The lowest BCUT2D eigenvalue weighted by Crippen LogP contribution is -2.09. The standard InChI is InChI=1S/C18H21NO/c1-12(2)13-5-7-15(8-6-13)18(20)16-10-9-14-4-3-11-19-17(14)16/h3-8,11-12,16,18,20H,9-10H2,1-2H3. The van der Waals surface area contributed by atoms with Crippen LogP contribution in [-0.2, 0) is 6.42 Å². The van der Waals surface area contributed by atoms with Gasteiger partial charge in [-0.3, -0.25) is 4.98 Å². The van der Waals surface area contributed by atoms with Gasteiger partial charge in [-0.2, -0.15) is 0 Å². The first-order valence-corrected chi connectivity index (χ1v) is 7.38. The molecule has 1 aliphatic carbocycles. The fourth-order valence-electron chi connectivity index (χ4n) is 3.06. The van der Waals surface area contributed by atoms with E-state index in [1.54, 1.807) is 0 Å². The van der Waals surface area contributed by atoms with Crippen LogP contribution in [-0.4, -0.2) is 10.1 Å². The summed E-state index contributed by atoms with van der Waals surface area (Å²) < 4.78 is 0. The summed E-state index contributed by atoms with van der Waals surface area (Å²) in [5.41, 5.74) is 4.67. The molecular formula is C18H21NO. The minimum absolute atomic E-state index is 0.135. The Labute approximate surface area is 120 Å². The monoisotopic (exact) mass is 267 g/mol. The van der Waals surface area contributed by atoms with Crippen LogP contribution in [0.15, 0.2) is 42.6 Å². The van der Waals surface area contributed by atoms with Gasteiger partial charge >= 0.3 is 0 Å². The molecule has 1 heterocycles. The van der Waals surface area contributed by atoms with Crippen LogP contribution in [0.25, 0.3) is 0 Å². The molecule has 0 saturated heterocycles. The Morgan fingerprint density at radius 2 is 1.80 bits per heavy atom. The maximum Gasteiger partial charge on any atom is 0.0873 e. The van der Waals surface area contributed by atoms with Gasteiger partial charge in [0.2, 0.25) is 0 Å². The molecule has 0 saturated carbocycles. The molecule has 104 valence electrons. The summed E-state index contributed by atoms with van der Waals surface area (Å²) in [6.07, 6.45) is 3.38. The minimum atomic E-state index is -0.452. The quantitative estimate of drug-likeness (QED) is 0.912. The smallest absolute Gasteiger partial charge is 0.0873 e. The predicted molar refractivity (Wildman–Crippen MR) is 80.8 cm³/mol. The van der Waals surface area contributed by atoms with Crippen molar-refractivity contribution in [2.24, 2.45) is 0 Å². The van der Waals surface area contributed by atoms with E-state index in [0.717, 1.165) is 24.1 Å². The van der Waals surface area contributed by atoms with Gasteiger partial charge in [-0.15, -0.1) is 0 Å². The van der Waals surface area contributed by atoms with Crippen molar-refractivity contribution in [3.8, 4) is 0 Å². The van der Waals surface area contributed by atoms with Crippen LogP contribution in [0.4, 0.5) is 0 Å². The molecule has 2 aromatic rings. The van der Waals surface area contributed by atoms with Crippen LogP contribution in [0.3, 0.4) is 0 Å². The van der Waals surface area contributed by atoms with E-state index in [1.807, 2.05) is 12.3 Å². The number of aliphatic hydroxyl groups is 1. The number of nitrogens with zero attached hydrogens (tertiary/aromatic N) is 1. The first-order valence-electron chi connectivity index (χ1n) is 7.38. The van der Waals surface area contributed by atoms with Gasteiger partial charge < -0.3 is 5.11 Å². The van der Waals surface area contributed by atoms with E-state index in [-0.39, 0.29) is 5.92 Å². The molecule has 1 aromatic carbocycles. The average molecular weight is 267 g/mol. The molecule has 1 N–H and O–H groups in total. The lowest BCUT2D eigenvalue weighted by molar-refractivity contribution is 0.143. The second kappa shape index (κ2) is 5.37. The summed E-state index contributed by atoms with van der Waals surface area (Å²) in [7, 11) is 0. The number of rotatable bonds is 3. The number of aliphatic hydroxyl groups excluding tert-OH is 1. The Kier molecular flexibility index (Phi) is 3.58. The Morgan fingerprint density at radius 3 is 2.50 bits per heavy atom. The van der Waals surface area contributed by atoms with Crippen LogP contribution in [0.2, 0.25) is 0 Å². The van der Waals surface area contributed by atoms with Gasteiger partial charge in [-0.05, 0) is 41.5 Å². The highest BCUT2D eigenvalue weighted by Gasteiger charge is 2.30. The molecule has 0 amide bonds. The van der Waals surface area contributed by atoms with E-state index in [4.69, 9.17) is 0 Å². The molecule has 0 fully saturated rings. The summed E-state index contributed by atoms with van der Waals surface area (Å²) in [5.74, 6) is 0.658. The predicted octanol–water partition coefficient (Wildman–Crippen LogP) is 3.97. The molecule has 2 atom stereocenters. The lowest BCUT2D eigenvalue weighted by Gasteiger charge is -2.19. The van der Waals surface area contributed by atoms with Crippen LogP contribution < -0.4 is 0 Å². The zero-order chi connectivity index (χ0) is 14.1. The van der Waals surface area contributed by atoms with Crippen molar-refractivity contribution >= 4 is 0 Å². The van der Waals surface area contributed by atoms with E-state index in [0.29, 0.717) is 5.92 Å². The molecule has 2 heteroatoms. The number of aryl methyl sites for hydroxylation is 1. The number of pyridine rings is 1. The first-order chi connectivity index (χ1) is 9.66. The zero-order valence-electron chi connectivity index (χ0n) is 12.1. The second-order valence-corrected chi connectivity index (χ2v) is 5.96. The van der Waals surface area contributed by atoms with E-state index < -0.39 is 6.10 Å². The van der Waals surface area contributed by atoms with Crippen molar-refractivity contribution < 1.29 is 5.11 Å². The molecule has 1 aliphatic rings. The summed E-state index contributed by atoms with van der Waals surface area (Å²) in [6.45, 7) is 4.37. The molecule has 2 nitrogen and oxygen atoms in total. The van der Waals surface area contributed by atoms with Gasteiger partial charge in [0, 0.05) is 17.8 Å². The topological polar surface area (TPSA) is 33.1 Å². The van der Waals surface area contributed by atoms with Gasteiger partial charge in [-0.1, -0.05) is 44.2 Å². The Balaban J connectivity index is 1.85. The third-order valence-electron chi connectivity index (χ3n) is 4.33. The van der Waals surface area contributed by atoms with E-state index >= 15 is 0 Å². The molecule has 0 spiro atoms. The second-order valence-electron chi connectivity index (χ2n) is 5.96. The third-order valence-corrected chi connectivity index (χ3v) is 4.33. The molecular weight excluding hydrogens is 246 g/mol. The highest BCUT2D eigenvalue weighted by Crippen LogP contribution is 2.40. The van der Waals surface area contributed by atoms with Crippen molar-refractivity contribution in [1.29, 1.82) is 0 Å². The molecule has 0 aliphatic heterocycles. The van der Waals surface area contributed by atoms with E-state index in [2.05, 4.69) is 49.2 Å². The van der Waals surface area contributed by atoms with Crippen molar-refractivity contribution in [2.75, 3.05) is 0 Å². The fraction of sp³-hybridized carbons (Fsp3) is 0.389. The number of hydrogen-bond donors (Lipinski definition) is 1. The number of fused-ring (bicyclic) bond motifs is 1. The van der Waals surface area contributed by atoms with Crippen LogP contribution in [0, 0.1) is 0 Å². The van der Waals surface area contributed by atoms with Crippen molar-refractivity contribution in [3.05, 3.63) is 65.0 Å². The van der Waals surface area contributed by atoms with Crippen molar-refractivity contribution in [2.45, 2.75) is 44.6 Å². The van der Waals surface area contributed by atoms with Gasteiger partial charge in [0.1, 0.15) is 0 Å².